The molecule has 0 unspecified atom stereocenters. The molecule has 2 amide bonds. The largest absolute Gasteiger partial charge is 0.357 e. The zero-order valence-electron chi connectivity index (χ0n) is 16.9. The van der Waals surface area contributed by atoms with Gasteiger partial charge in [-0.3, -0.25) is 9.59 Å². The number of carbonyl (C=O) groups is 2. The predicted molar refractivity (Wildman–Crippen MR) is 115 cm³/mol. The van der Waals surface area contributed by atoms with Crippen LogP contribution in [0.4, 0.5) is 4.39 Å². The van der Waals surface area contributed by atoms with E-state index in [0.29, 0.717) is 18.5 Å². The van der Waals surface area contributed by atoms with Crippen molar-refractivity contribution in [1.29, 1.82) is 0 Å². The summed E-state index contributed by atoms with van der Waals surface area (Å²) in [7, 11) is 1.57. The van der Waals surface area contributed by atoms with Gasteiger partial charge in [0.25, 0.3) is 0 Å². The Labute approximate surface area is 176 Å². The summed E-state index contributed by atoms with van der Waals surface area (Å²) in [5, 5.41) is 2.70. The minimum Gasteiger partial charge on any atom is -0.357 e. The first-order valence-electron chi connectivity index (χ1n) is 9.90. The lowest BCUT2D eigenvalue weighted by molar-refractivity contribution is -0.140. The highest BCUT2D eigenvalue weighted by Gasteiger charge is 2.29. The van der Waals surface area contributed by atoms with E-state index in [1.54, 1.807) is 24.1 Å². The molecule has 0 aliphatic rings. The molecule has 0 radical (unpaired) electrons. The number of carbonyl (C=O) groups excluding carboxylic acids is 2. The second-order valence-corrected chi connectivity index (χ2v) is 7.13. The topological polar surface area (TPSA) is 49.4 Å². The molecular weight excluding hydrogens is 379 g/mol. The third-order valence-corrected chi connectivity index (χ3v) is 4.98. The highest BCUT2D eigenvalue weighted by molar-refractivity contribution is 5.88. The maximum Gasteiger partial charge on any atom is 0.242 e. The highest BCUT2D eigenvalue weighted by Crippen LogP contribution is 2.16. The monoisotopic (exact) mass is 404 g/mol. The summed E-state index contributed by atoms with van der Waals surface area (Å²) in [6.07, 6.45) is 0.498. The van der Waals surface area contributed by atoms with Gasteiger partial charge < -0.3 is 10.2 Å². The summed E-state index contributed by atoms with van der Waals surface area (Å²) in [4.78, 5) is 27.7. The van der Waals surface area contributed by atoms with Crippen LogP contribution in [0.2, 0.25) is 0 Å². The van der Waals surface area contributed by atoms with E-state index in [1.165, 1.54) is 12.1 Å². The summed E-state index contributed by atoms with van der Waals surface area (Å²) in [5.74, 6) is -0.753. The zero-order valence-corrected chi connectivity index (χ0v) is 16.9. The van der Waals surface area contributed by atoms with Crippen molar-refractivity contribution in [3.8, 4) is 0 Å². The van der Waals surface area contributed by atoms with Crippen molar-refractivity contribution in [2.24, 2.45) is 0 Å². The Morgan fingerprint density at radius 2 is 1.40 bits per heavy atom. The van der Waals surface area contributed by atoms with E-state index in [0.717, 1.165) is 11.1 Å². The van der Waals surface area contributed by atoms with E-state index in [-0.39, 0.29) is 24.1 Å². The molecule has 0 saturated heterocycles. The van der Waals surface area contributed by atoms with Crippen LogP contribution in [0.3, 0.4) is 0 Å². The third-order valence-electron chi connectivity index (χ3n) is 4.98. The summed E-state index contributed by atoms with van der Waals surface area (Å²) < 4.78 is 13.2. The van der Waals surface area contributed by atoms with Crippen molar-refractivity contribution in [1.82, 2.24) is 10.2 Å². The van der Waals surface area contributed by atoms with E-state index in [2.05, 4.69) is 5.32 Å². The van der Waals surface area contributed by atoms with Gasteiger partial charge in [-0.2, -0.15) is 0 Å². The lowest BCUT2D eigenvalue weighted by atomic mass is 10.0. The zero-order chi connectivity index (χ0) is 21.3. The average Bonchev–Trinajstić information content (AvgIpc) is 2.78. The number of amides is 2. The number of nitrogens with zero attached hydrogens (tertiary/aromatic N) is 1. The predicted octanol–water partition coefficient (Wildman–Crippen LogP) is 3.75. The van der Waals surface area contributed by atoms with Crippen molar-refractivity contribution < 1.29 is 14.0 Å². The van der Waals surface area contributed by atoms with Crippen molar-refractivity contribution in [3.63, 3.8) is 0 Å². The first kappa shape index (κ1) is 21.2. The van der Waals surface area contributed by atoms with Gasteiger partial charge in [-0.1, -0.05) is 72.8 Å². The molecule has 0 fully saturated rings. The Hall–Kier alpha value is -3.47. The summed E-state index contributed by atoms with van der Waals surface area (Å²) in [5.41, 5.74) is 2.61. The van der Waals surface area contributed by atoms with Crippen molar-refractivity contribution in [3.05, 3.63) is 107 Å². The fourth-order valence-corrected chi connectivity index (χ4v) is 3.38. The second-order valence-electron chi connectivity index (χ2n) is 7.13. The molecule has 154 valence electrons. The molecule has 0 aromatic heterocycles. The Bertz CT molecular complexity index is 959. The minimum atomic E-state index is -0.662. The maximum atomic E-state index is 13.3. The molecule has 0 spiro atoms. The van der Waals surface area contributed by atoms with Gasteiger partial charge in [-0.25, -0.2) is 4.39 Å². The quantitative estimate of drug-likeness (QED) is 0.622. The Balaban J connectivity index is 1.91. The number of rotatable bonds is 8. The van der Waals surface area contributed by atoms with Crippen LogP contribution in [0.25, 0.3) is 0 Å². The van der Waals surface area contributed by atoms with Gasteiger partial charge in [0, 0.05) is 20.0 Å². The van der Waals surface area contributed by atoms with E-state index in [4.69, 9.17) is 0 Å². The first-order chi connectivity index (χ1) is 14.6. The summed E-state index contributed by atoms with van der Waals surface area (Å²) in [6.45, 7) is 0.311. The maximum absolute atomic E-state index is 13.3. The first-order valence-corrected chi connectivity index (χ1v) is 9.90. The van der Waals surface area contributed by atoms with Gasteiger partial charge >= 0.3 is 0 Å². The van der Waals surface area contributed by atoms with Crippen molar-refractivity contribution in [2.75, 3.05) is 7.05 Å². The van der Waals surface area contributed by atoms with Crippen LogP contribution in [-0.2, 0) is 29.0 Å². The van der Waals surface area contributed by atoms with E-state index >= 15 is 0 Å². The normalized spacial score (nSPS) is 11.5. The fourth-order valence-electron chi connectivity index (χ4n) is 3.38. The lowest BCUT2D eigenvalue weighted by Crippen LogP contribution is -2.50. The van der Waals surface area contributed by atoms with Crippen LogP contribution in [-0.4, -0.2) is 29.8 Å². The van der Waals surface area contributed by atoms with Crippen molar-refractivity contribution in [2.45, 2.75) is 25.4 Å². The van der Waals surface area contributed by atoms with Gasteiger partial charge in [0.1, 0.15) is 11.9 Å². The van der Waals surface area contributed by atoms with Crippen LogP contribution < -0.4 is 5.32 Å². The number of hydrogen-bond acceptors (Lipinski definition) is 2. The van der Waals surface area contributed by atoms with E-state index in [9.17, 15) is 14.0 Å². The molecule has 3 rings (SSSR count). The highest BCUT2D eigenvalue weighted by atomic mass is 19.1. The van der Waals surface area contributed by atoms with Gasteiger partial charge in [-0.15, -0.1) is 0 Å². The summed E-state index contributed by atoms with van der Waals surface area (Å²) >= 11 is 0. The Kier molecular flexibility index (Phi) is 7.33. The standard InChI is InChI=1S/C25H25FN2O2/c1-27-25(30)23(16-19-8-4-2-5-9-19)28(18-21-10-6-3-7-11-21)24(29)17-20-12-14-22(26)15-13-20/h2-15,23H,16-18H2,1H3,(H,27,30)/t23-/m1/s1. The average molecular weight is 404 g/mol. The number of hydrogen-bond donors (Lipinski definition) is 1. The van der Waals surface area contributed by atoms with Crippen molar-refractivity contribution >= 4 is 11.8 Å². The summed E-state index contributed by atoms with van der Waals surface area (Å²) in [6, 6.07) is 24.4. The minimum absolute atomic E-state index is 0.0927. The molecular formula is C25H25FN2O2. The molecule has 3 aromatic carbocycles. The number of benzene rings is 3. The van der Waals surface area contributed by atoms with Crippen LogP contribution in [0, 0.1) is 5.82 Å². The molecule has 0 saturated carbocycles. The molecule has 5 heteroatoms. The van der Waals surface area contributed by atoms with Crippen LogP contribution in [0.15, 0.2) is 84.9 Å². The van der Waals surface area contributed by atoms with Gasteiger partial charge in [0.05, 0.1) is 6.42 Å². The molecule has 0 heterocycles. The smallest absolute Gasteiger partial charge is 0.242 e. The SMILES string of the molecule is CNC(=O)[C@@H](Cc1ccccc1)N(Cc1ccccc1)C(=O)Cc1ccc(F)cc1. The van der Waals surface area contributed by atoms with Crippen LogP contribution in [0.1, 0.15) is 16.7 Å². The number of halogens is 1. The van der Waals surface area contributed by atoms with Crippen LogP contribution in [0.5, 0.6) is 0 Å². The molecule has 0 aliphatic carbocycles. The Morgan fingerprint density at radius 3 is 1.97 bits per heavy atom. The molecule has 3 aromatic rings. The lowest BCUT2D eigenvalue weighted by Gasteiger charge is -2.31. The van der Waals surface area contributed by atoms with Gasteiger partial charge in [0.15, 0.2) is 0 Å². The second kappa shape index (κ2) is 10.3. The van der Waals surface area contributed by atoms with Gasteiger partial charge in [0.2, 0.25) is 11.8 Å². The number of nitrogens with one attached hydrogen (secondary N) is 1. The molecule has 0 bridgehead atoms. The Morgan fingerprint density at radius 1 is 0.833 bits per heavy atom. The number of likely N-dealkylation sites (N-methyl/N-ethyl adjacent to an activating group) is 1. The molecule has 0 aliphatic heterocycles. The van der Waals surface area contributed by atoms with Crippen LogP contribution >= 0.6 is 0 Å². The third kappa shape index (κ3) is 5.77. The van der Waals surface area contributed by atoms with Gasteiger partial charge in [-0.05, 0) is 28.8 Å². The molecule has 1 atom stereocenters. The molecule has 1 N–H and O–H groups in total. The molecule has 30 heavy (non-hydrogen) atoms. The van der Waals surface area contributed by atoms with E-state index < -0.39 is 6.04 Å². The molecule has 4 nitrogen and oxygen atoms in total. The fraction of sp³-hybridized carbons (Fsp3) is 0.200. The van der Waals surface area contributed by atoms with E-state index in [1.807, 2.05) is 60.7 Å².